The molecule has 0 bridgehead atoms. The lowest BCUT2D eigenvalue weighted by molar-refractivity contribution is -0.148. The second-order valence-electron chi connectivity index (χ2n) is 4.68. The second-order valence-corrected chi connectivity index (χ2v) is 5.49. The molecule has 1 aliphatic heterocycles. The van der Waals surface area contributed by atoms with Crippen molar-refractivity contribution in [3.05, 3.63) is 28.2 Å². The minimum Gasteiger partial charge on any atom is -0.480 e. The molecule has 6 nitrogen and oxygen atoms in total. The number of benzene rings is 1. The van der Waals surface area contributed by atoms with Gasteiger partial charge in [-0.2, -0.15) is 0 Å². The summed E-state index contributed by atoms with van der Waals surface area (Å²) in [6.07, 6.45) is 0.401. The molecule has 0 atom stereocenters. The molecule has 1 aliphatic rings. The van der Waals surface area contributed by atoms with Gasteiger partial charge >= 0.3 is 12.0 Å². The molecule has 0 aliphatic carbocycles. The molecular weight excluding hydrogens is 319 g/mol. The van der Waals surface area contributed by atoms with Gasteiger partial charge in [0.2, 0.25) is 0 Å². The Balaban J connectivity index is 2.11. The minimum absolute atomic E-state index is 0.200. The molecule has 0 radical (unpaired) electrons. The number of hydrogen-bond acceptors (Lipinski definition) is 3. The molecule has 1 aromatic rings. The van der Waals surface area contributed by atoms with Gasteiger partial charge in [-0.25, -0.2) is 9.59 Å². The number of hydrogen-bond donors (Lipinski definition) is 3. The monoisotopic (exact) mass is 332 g/mol. The maximum Gasteiger partial charge on any atom is 0.329 e. The van der Waals surface area contributed by atoms with Crippen LogP contribution in [0.5, 0.6) is 0 Å². The summed E-state index contributed by atoms with van der Waals surface area (Å²) in [6, 6.07) is 4.12. The van der Waals surface area contributed by atoms with Crippen LogP contribution in [0.4, 0.5) is 10.5 Å². The maximum absolute atomic E-state index is 12.1. The SMILES string of the molecule is O=C(Nc1c(Cl)cccc1Cl)NC1(C(=O)O)CCOCC1. The zero-order chi connectivity index (χ0) is 15.5. The molecule has 1 saturated heterocycles. The first-order valence-corrected chi connectivity index (χ1v) is 7.04. The predicted molar refractivity (Wildman–Crippen MR) is 79.0 cm³/mol. The van der Waals surface area contributed by atoms with Crippen LogP contribution in [0, 0.1) is 0 Å². The highest BCUT2D eigenvalue weighted by Crippen LogP contribution is 2.30. The summed E-state index contributed by atoms with van der Waals surface area (Å²) in [6.45, 7) is 0.554. The Kier molecular flexibility index (Phi) is 4.92. The van der Waals surface area contributed by atoms with Crippen LogP contribution in [-0.4, -0.2) is 35.9 Å². The van der Waals surface area contributed by atoms with Crippen LogP contribution >= 0.6 is 23.2 Å². The molecule has 0 unspecified atom stereocenters. The van der Waals surface area contributed by atoms with Gasteiger partial charge in [-0.05, 0) is 12.1 Å². The fourth-order valence-electron chi connectivity index (χ4n) is 2.09. The van der Waals surface area contributed by atoms with E-state index in [4.69, 9.17) is 27.9 Å². The van der Waals surface area contributed by atoms with Gasteiger partial charge in [-0.3, -0.25) is 0 Å². The van der Waals surface area contributed by atoms with Crippen LogP contribution in [0.1, 0.15) is 12.8 Å². The molecule has 1 heterocycles. The molecule has 3 N–H and O–H groups in total. The number of ether oxygens (including phenoxy) is 1. The van der Waals surface area contributed by atoms with Gasteiger partial charge in [0.15, 0.2) is 0 Å². The van der Waals surface area contributed by atoms with Gasteiger partial charge in [0.25, 0.3) is 0 Å². The van der Waals surface area contributed by atoms with Crippen LogP contribution in [0.3, 0.4) is 0 Å². The fourth-order valence-corrected chi connectivity index (χ4v) is 2.58. The molecule has 0 spiro atoms. The van der Waals surface area contributed by atoms with Gasteiger partial charge in [0.1, 0.15) is 5.54 Å². The molecule has 21 heavy (non-hydrogen) atoms. The van der Waals surface area contributed by atoms with Crippen molar-refractivity contribution in [2.45, 2.75) is 18.4 Å². The standard InChI is InChI=1S/C13H14Cl2N2O4/c14-8-2-1-3-9(15)10(8)16-12(20)17-13(11(18)19)4-6-21-7-5-13/h1-3H,4-7H2,(H,18,19)(H2,16,17,20). The number of nitrogens with one attached hydrogen (secondary N) is 2. The molecule has 8 heteroatoms. The smallest absolute Gasteiger partial charge is 0.329 e. The van der Waals surface area contributed by atoms with Gasteiger partial charge in [-0.15, -0.1) is 0 Å². The van der Waals surface area contributed by atoms with Crippen LogP contribution in [0.15, 0.2) is 18.2 Å². The second kappa shape index (κ2) is 6.51. The number of rotatable bonds is 3. The van der Waals surface area contributed by atoms with Crippen molar-refractivity contribution in [2.24, 2.45) is 0 Å². The van der Waals surface area contributed by atoms with Crippen molar-refractivity contribution in [3.63, 3.8) is 0 Å². The third-order valence-corrected chi connectivity index (χ3v) is 3.94. The first kappa shape index (κ1) is 15.9. The van der Waals surface area contributed by atoms with Crippen molar-refractivity contribution < 1.29 is 19.4 Å². The number of para-hydroxylation sites is 1. The Hall–Kier alpha value is -1.50. The van der Waals surface area contributed by atoms with Gasteiger partial charge in [0.05, 0.1) is 15.7 Å². The van der Waals surface area contributed by atoms with Crippen LogP contribution in [0.2, 0.25) is 10.0 Å². The number of carbonyl (C=O) groups is 2. The first-order valence-electron chi connectivity index (χ1n) is 6.29. The van der Waals surface area contributed by atoms with Crippen molar-refractivity contribution in [2.75, 3.05) is 18.5 Å². The molecule has 2 amide bonds. The molecule has 1 fully saturated rings. The van der Waals surface area contributed by atoms with Crippen LogP contribution in [0.25, 0.3) is 0 Å². The number of urea groups is 1. The average Bonchev–Trinajstić information content (AvgIpc) is 2.44. The van der Waals surface area contributed by atoms with E-state index in [1.54, 1.807) is 18.2 Å². The van der Waals surface area contributed by atoms with Gasteiger partial charge in [-0.1, -0.05) is 29.3 Å². The van der Waals surface area contributed by atoms with Crippen LogP contribution < -0.4 is 10.6 Å². The van der Waals surface area contributed by atoms with E-state index in [9.17, 15) is 14.7 Å². The normalized spacial score (nSPS) is 17.0. The third kappa shape index (κ3) is 3.58. The molecule has 2 rings (SSSR count). The van der Waals surface area contributed by atoms with Gasteiger partial charge in [0, 0.05) is 26.1 Å². The molecular formula is C13H14Cl2N2O4. The quantitative estimate of drug-likeness (QED) is 0.794. The Bertz CT molecular complexity index is 539. The van der Waals surface area contributed by atoms with Crippen molar-refractivity contribution in [1.82, 2.24) is 5.32 Å². The highest BCUT2D eigenvalue weighted by Gasteiger charge is 2.41. The molecule has 0 saturated carbocycles. The lowest BCUT2D eigenvalue weighted by atomic mass is 9.90. The van der Waals surface area contributed by atoms with E-state index < -0.39 is 17.5 Å². The Morgan fingerprint density at radius 1 is 1.19 bits per heavy atom. The molecule has 0 aromatic heterocycles. The summed E-state index contributed by atoms with van der Waals surface area (Å²) >= 11 is 11.9. The summed E-state index contributed by atoms with van der Waals surface area (Å²) in [5.41, 5.74) is -1.10. The number of carboxylic acid groups (broad SMARTS) is 1. The predicted octanol–water partition coefficient (Wildman–Crippen LogP) is 2.75. The number of halogens is 2. The Morgan fingerprint density at radius 2 is 1.76 bits per heavy atom. The summed E-state index contributed by atoms with van der Waals surface area (Å²) in [7, 11) is 0. The third-order valence-electron chi connectivity index (χ3n) is 3.31. The number of carboxylic acids is 1. The number of anilines is 1. The highest BCUT2D eigenvalue weighted by atomic mass is 35.5. The zero-order valence-electron chi connectivity index (χ0n) is 11.0. The van der Waals surface area contributed by atoms with E-state index in [1.807, 2.05) is 0 Å². The number of amides is 2. The van der Waals surface area contributed by atoms with E-state index in [0.29, 0.717) is 0 Å². The van der Waals surface area contributed by atoms with Crippen molar-refractivity contribution >= 4 is 40.9 Å². The number of carbonyl (C=O) groups excluding carboxylic acids is 1. The summed E-state index contributed by atoms with van der Waals surface area (Å²) in [5.74, 6) is -1.09. The van der Waals surface area contributed by atoms with E-state index in [-0.39, 0.29) is 41.8 Å². The van der Waals surface area contributed by atoms with E-state index >= 15 is 0 Å². The highest BCUT2D eigenvalue weighted by molar-refractivity contribution is 6.39. The topological polar surface area (TPSA) is 87.7 Å². The molecule has 1 aromatic carbocycles. The summed E-state index contributed by atoms with van der Waals surface area (Å²) in [4.78, 5) is 23.5. The zero-order valence-corrected chi connectivity index (χ0v) is 12.5. The van der Waals surface area contributed by atoms with Gasteiger partial charge < -0.3 is 20.5 Å². The fraction of sp³-hybridized carbons (Fsp3) is 0.385. The van der Waals surface area contributed by atoms with Crippen molar-refractivity contribution in [1.29, 1.82) is 0 Å². The van der Waals surface area contributed by atoms with Crippen LogP contribution in [-0.2, 0) is 9.53 Å². The lowest BCUT2D eigenvalue weighted by Gasteiger charge is -2.33. The maximum atomic E-state index is 12.1. The minimum atomic E-state index is -1.34. The summed E-state index contributed by atoms with van der Waals surface area (Å²) in [5, 5.41) is 14.9. The average molecular weight is 333 g/mol. The Morgan fingerprint density at radius 3 is 2.29 bits per heavy atom. The van der Waals surface area contributed by atoms with E-state index in [1.165, 1.54) is 0 Å². The lowest BCUT2D eigenvalue weighted by Crippen LogP contribution is -2.58. The van der Waals surface area contributed by atoms with Crippen molar-refractivity contribution in [3.8, 4) is 0 Å². The molecule has 114 valence electrons. The number of aliphatic carboxylic acids is 1. The summed E-state index contributed by atoms with van der Waals surface area (Å²) < 4.78 is 5.14. The van der Waals surface area contributed by atoms with E-state index in [2.05, 4.69) is 10.6 Å². The van der Waals surface area contributed by atoms with E-state index in [0.717, 1.165) is 0 Å². The first-order chi connectivity index (χ1) is 9.94. The largest absolute Gasteiger partial charge is 0.480 e. The Labute approximate surface area is 131 Å².